The van der Waals surface area contributed by atoms with E-state index < -0.39 is 0 Å². The Morgan fingerprint density at radius 1 is 1.42 bits per heavy atom. The second kappa shape index (κ2) is 5.16. The van der Waals surface area contributed by atoms with Crippen LogP contribution in [-0.2, 0) is 11.2 Å². The van der Waals surface area contributed by atoms with E-state index in [0.29, 0.717) is 0 Å². The lowest BCUT2D eigenvalue weighted by molar-refractivity contribution is -0.0780. The smallest absolute Gasteiger partial charge is 0.127 e. The standard InChI is InChI=1S/C15H18Cl2O2/c1-18-15(4-2-5-15)9-13(17)12-8-11(16)7-10-3-6-19-14(10)12/h7-8,13H,2-6,9H2,1H3. The van der Waals surface area contributed by atoms with Gasteiger partial charge in [0.25, 0.3) is 0 Å². The predicted octanol–water partition coefficient (Wildman–Crippen LogP) is 4.51. The van der Waals surface area contributed by atoms with Crippen molar-refractivity contribution in [2.45, 2.75) is 43.1 Å². The average Bonchev–Trinajstić information content (AvgIpc) is 2.80. The van der Waals surface area contributed by atoms with Crippen molar-refractivity contribution in [3.63, 3.8) is 0 Å². The van der Waals surface area contributed by atoms with E-state index in [2.05, 4.69) is 0 Å². The molecule has 0 amide bonds. The third-order valence-corrected chi connectivity index (χ3v) is 4.97. The maximum Gasteiger partial charge on any atom is 0.127 e. The Kier molecular flexibility index (Phi) is 3.67. The molecule has 0 bridgehead atoms. The summed E-state index contributed by atoms with van der Waals surface area (Å²) >= 11 is 12.8. The molecule has 4 heteroatoms. The van der Waals surface area contributed by atoms with Gasteiger partial charge < -0.3 is 9.47 Å². The van der Waals surface area contributed by atoms with Gasteiger partial charge in [0.15, 0.2) is 0 Å². The summed E-state index contributed by atoms with van der Waals surface area (Å²) in [6.45, 7) is 0.724. The number of rotatable bonds is 4. The van der Waals surface area contributed by atoms with Crippen LogP contribution >= 0.6 is 23.2 Å². The number of hydrogen-bond acceptors (Lipinski definition) is 2. The van der Waals surface area contributed by atoms with E-state index in [-0.39, 0.29) is 11.0 Å². The number of fused-ring (bicyclic) bond motifs is 1. The lowest BCUT2D eigenvalue weighted by atomic mass is 9.76. The lowest BCUT2D eigenvalue weighted by Crippen LogP contribution is -2.39. The monoisotopic (exact) mass is 300 g/mol. The molecule has 0 radical (unpaired) electrons. The van der Waals surface area contributed by atoms with Crippen LogP contribution in [0.2, 0.25) is 5.02 Å². The Hall–Kier alpha value is -0.440. The highest BCUT2D eigenvalue weighted by Crippen LogP contribution is 2.47. The molecule has 104 valence electrons. The zero-order valence-electron chi connectivity index (χ0n) is 11.0. The first-order valence-corrected chi connectivity index (χ1v) is 7.59. The van der Waals surface area contributed by atoms with E-state index in [1.807, 2.05) is 12.1 Å². The van der Waals surface area contributed by atoms with Crippen LogP contribution < -0.4 is 4.74 Å². The largest absolute Gasteiger partial charge is 0.493 e. The summed E-state index contributed by atoms with van der Waals surface area (Å²) in [5.74, 6) is 0.940. The van der Waals surface area contributed by atoms with Crippen LogP contribution in [0.4, 0.5) is 0 Å². The second-order valence-corrected chi connectivity index (χ2v) is 6.46. The summed E-state index contributed by atoms with van der Waals surface area (Å²) in [6, 6.07) is 3.91. The van der Waals surface area contributed by atoms with Gasteiger partial charge in [0.05, 0.1) is 17.6 Å². The molecule has 0 aromatic heterocycles. The maximum atomic E-state index is 6.62. The molecule has 1 fully saturated rings. The van der Waals surface area contributed by atoms with Crippen LogP contribution in [-0.4, -0.2) is 19.3 Å². The molecule has 1 heterocycles. The maximum absolute atomic E-state index is 6.62. The van der Waals surface area contributed by atoms with Crippen LogP contribution in [0.3, 0.4) is 0 Å². The molecule has 3 rings (SSSR count). The molecule has 2 aliphatic rings. The summed E-state index contributed by atoms with van der Waals surface area (Å²) in [5, 5.41) is 0.635. The SMILES string of the molecule is COC1(CC(Cl)c2cc(Cl)cc3c2OCC3)CCC1. The Balaban J connectivity index is 1.85. The summed E-state index contributed by atoms with van der Waals surface area (Å²) in [4.78, 5) is 0. The molecule has 1 aliphatic heterocycles. The Labute approximate surface area is 124 Å². The minimum atomic E-state index is -0.106. The molecule has 0 saturated heterocycles. The van der Waals surface area contributed by atoms with Crippen molar-refractivity contribution >= 4 is 23.2 Å². The summed E-state index contributed by atoms with van der Waals surface area (Å²) in [7, 11) is 1.78. The summed E-state index contributed by atoms with van der Waals surface area (Å²) in [6.07, 6.45) is 5.15. The van der Waals surface area contributed by atoms with Crippen LogP contribution in [0.1, 0.15) is 42.2 Å². The first kappa shape index (κ1) is 13.5. The number of methoxy groups -OCH3 is 1. The Morgan fingerprint density at radius 3 is 2.84 bits per heavy atom. The van der Waals surface area contributed by atoms with Gasteiger partial charge in [-0.25, -0.2) is 0 Å². The molecule has 0 N–H and O–H groups in total. The molecule has 1 aliphatic carbocycles. The van der Waals surface area contributed by atoms with E-state index >= 15 is 0 Å². The van der Waals surface area contributed by atoms with Gasteiger partial charge in [0.2, 0.25) is 0 Å². The first-order chi connectivity index (χ1) is 9.13. The van der Waals surface area contributed by atoms with Crippen molar-refractivity contribution in [2.24, 2.45) is 0 Å². The van der Waals surface area contributed by atoms with Crippen molar-refractivity contribution < 1.29 is 9.47 Å². The molecule has 1 unspecified atom stereocenters. The Morgan fingerprint density at radius 2 is 2.21 bits per heavy atom. The molecule has 1 atom stereocenters. The number of benzene rings is 1. The molecule has 1 saturated carbocycles. The number of ether oxygens (including phenoxy) is 2. The molecule has 0 spiro atoms. The molecule has 19 heavy (non-hydrogen) atoms. The fraction of sp³-hybridized carbons (Fsp3) is 0.600. The minimum Gasteiger partial charge on any atom is -0.493 e. The predicted molar refractivity (Wildman–Crippen MR) is 77.5 cm³/mol. The molecule has 2 nitrogen and oxygen atoms in total. The normalized spacial score (nSPS) is 21.4. The molecule has 1 aromatic carbocycles. The fourth-order valence-corrected chi connectivity index (χ4v) is 3.72. The number of halogens is 2. The highest BCUT2D eigenvalue weighted by atomic mass is 35.5. The van der Waals surface area contributed by atoms with Crippen molar-refractivity contribution in [1.29, 1.82) is 0 Å². The highest BCUT2D eigenvalue weighted by molar-refractivity contribution is 6.31. The zero-order chi connectivity index (χ0) is 13.5. The van der Waals surface area contributed by atoms with Gasteiger partial charge in [-0.2, -0.15) is 0 Å². The first-order valence-electron chi connectivity index (χ1n) is 6.78. The van der Waals surface area contributed by atoms with E-state index in [1.54, 1.807) is 7.11 Å². The second-order valence-electron chi connectivity index (χ2n) is 5.49. The molecule has 1 aromatic rings. The number of hydrogen-bond donors (Lipinski definition) is 0. The number of alkyl halides is 1. The van der Waals surface area contributed by atoms with Crippen molar-refractivity contribution in [2.75, 3.05) is 13.7 Å². The van der Waals surface area contributed by atoms with E-state index in [1.165, 1.54) is 12.0 Å². The minimum absolute atomic E-state index is 0.0414. The van der Waals surface area contributed by atoms with Gasteiger partial charge in [-0.3, -0.25) is 0 Å². The van der Waals surface area contributed by atoms with E-state index in [9.17, 15) is 0 Å². The van der Waals surface area contributed by atoms with Crippen molar-refractivity contribution in [3.8, 4) is 5.75 Å². The molecular formula is C15H18Cl2O2. The van der Waals surface area contributed by atoms with Crippen LogP contribution in [0.5, 0.6) is 5.75 Å². The fourth-order valence-electron chi connectivity index (χ4n) is 3.03. The van der Waals surface area contributed by atoms with Gasteiger partial charge >= 0.3 is 0 Å². The van der Waals surface area contributed by atoms with Crippen LogP contribution in [0.25, 0.3) is 0 Å². The van der Waals surface area contributed by atoms with Gasteiger partial charge in [0.1, 0.15) is 5.75 Å². The van der Waals surface area contributed by atoms with Crippen LogP contribution in [0, 0.1) is 0 Å². The van der Waals surface area contributed by atoms with E-state index in [0.717, 1.165) is 48.6 Å². The summed E-state index contributed by atoms with van der Waals surface area (Å²) < 4.78 is 11.4. The third-order valence-electron chi connectivity index (χ3n) is 4.36. The van der Waals surface area contributed by atoms with Gasteiger partial charge in [-0.1, -0.05) is 11.6 Å². The van der Waals surface area contributed by atoms with Crippen molar-refractivity contribution in [3.05, 3.63) is 28.3 Å². The topological polar surface area (TPSA) is 18.5 Å². The van der Waals surface area contributed by atoms with Crippen molar-refractivity contribution in [1.82, 2.24) is 0 Å². The zero-order valence-corrected chi connectivity index (χ0v) is 12.6. The van der Waals surface area contributed by atoms with Crippen LogP contribution in [0.15, 0.2) is 12.1 Å². The average molecular weight is 301 g/mol. The summed E-state index contributed by atoms with van der Waals surface area (Å²) in [5.41, 5.74) is 2.15. The van der Waals surface area contributed by atoms with Gasteiger partial charge in [-0.05, 0) is 43.4 Å². The lowest BCUT2D eigenvalue weighted by Gasteiger charge is -2.42. The van der Waals surface area contributed by atoms with E-state index in [4.69, 9.17) is 32.7 Å². The quantitative estimate of drug-likeness (QED) is 0.762. The van der Waals surface area contributed by atoms with Gasteiger partial charge in [-0.15, -0.1) is 11.6 Å². The Bertz CT molecular complexity index is 478. The van der Waals surface area contributed by atoms with Gasteiger partial charge in [0, 0.05) is 24.1 Å². The highest BCUT2D eigenvalue weighted by Gasteiger charge is 2.39. The molecular weight excluding hydrogens is 283 g/mol. The third kappa shape index (κ3) is 2.46.